The van der Waals surface area contributed by atoms with E-state index in [-0.39, 0.29) is 36.7 Å². The Kier molecular flexibility index (Phi) is 6.71. The normalized spacial score (nSPS) is 12.6. The highest BCUT2D eigenvalue weighted by Crippen LogP contribution is 2.24. The molecule has 6 nitrogen and oxygen atoms in total. The number of nitrogens with one attached hydrogen (secondary N) is 1. The fourth-order valence-corrected chi connectivity index (χ4v) is 2.97. The summed E-state index contributed by atoms with van der Waals surface area (Å²) in [5.74, 6) is -0.689. The summed E-state index contributed by atoms with van der Waals surface area (Å²) >= 11 is 0. The predicted octanol–water partition coefficient (Wildman–Crippen LogP) is 2.20. The van der Waals surface area contributed by atoms with E-state index in [0.29, 0.717) is 29.8 Å². The molecule has 2 aromatic rings. The Labute approximate surface area is 164 Å². The van der Waals surface area contributed by atoms with Gasteiger partial charge in [0.15, 0.2) is 0 Å². The Morgan fingerprint density at radius 1 is 1.04 bits per heavy atom. The van der Waals surface area contributed by atoms with Crippen LogP contribution in [0.3, 0.4) is 0 Å². The second-order valence-corrected chi connectivity index (χ2v) is 6.27. The van der Waals surface area contributed by atoms with Gasteiger partial charge in [0.05, 0.1) is 17.7 Å². The van der Waals surface area contributed by atoms with Crippen LogP contribution in [-0.2, 0) is 6.54 Å². The molecule has 2 aromatic carbocycles. The first-order valence-corrected chi connectivity index (χ1v) is 8.47. The van der Waals surface area contributed by atoms with E-state index in [1.807, 2.05) is 13.1 Å². The van der Waals surface area contributed by atoms with Crippen molar-refractivity contribution in [2.45, 2.75) is 6.54 Å². The molecule has 142 valence electrons. The number of fused-ring (bicyclic) bond motifs is 1. The van der Waals surface area contributed by atoms with Gasteiger partial charge in [0.1, 0.15) is 0 Å². The fraction of sp³-hybridized carbons (Fsp3) is 0.250. The highest BCUT2D eigenvalue weighted by atomic mass is 35.5. The highest BCUT2D eigenvalue weighted by molar-refractivity contribution is 6.21. The molecule has 0 saturated heterocycles. The Hall–Kier alpha value is -2.70. The molecule has 0 atom stereocenters. The number of benzene rings is 2. The first-order valence-electron chi connectivity index (χ1n) is 8.47. The summed E-state index contributed by atoms with van der Waals surface area (Å²) in [6.07, 6.45) is 0. The van der Waals surface area contributed by atoms with Crippen molar-refractivity contribution in [3.8, 4) is 0 Å². The van der Waals surface area contributed by atoms with Crippen molar-refractivity contribution in [1.82, 2.24) is 15.1 Å². The summed E-state index contributed by atoms with van der Waals surface area (Å²) in [5.41, 5.74) is 2.14. The zero-order chi connectivity index (χ0) is 18.7. The van der Waals surface area contributed by atoms with Crippen LogP contribution in [-0.4, -0.2) is 54.7 Å². The van der Waals surface area contributed by atoms with E-state index in [4.69, 9.17) is 0 Å². The number of halogens is 1. The molecule has 0 unspecified atom stereocenters. The predicted molar refractivity (Wildman–Crippen MR) is 105 cm³/mol. The van der Waals surface area contributed by atoms with Crippen LogP contribution in [0.4, 0.5) is 0 Å². The minimum Gasteiger partial charge on any atom is -0.340 e. The van der Waals surface area contributed by atoms with Gasteiger partial charge in [0, 0.05) is 25.7 Å². The van der Waals surface area contributed by atoms with Crippen molar-refractivity contribution in [2.75, 3.05) is 27.2 Å². The van der Waals surface area contributed by atoms with Crippen LogP contribution in [0.25, 0.3) is 0 Å². The maximum absolute atomic E-state index is 12.5. The van der Waals surface area contributed by atoms with Gasteiger partial charge in [-0.2, -0.15) is 0 Å². The molecule has 1 aliphatic rings. The Morgan fingerprint density at radius 2 is 1.67 bits per heavy atom. The van der Waals surface area contributed by atoms with Gasteiger partial charge in [0.2, 0.25) is 0 Å². The molecule has 0 saturated carbocycles. The lowest BCUT2D eigenvalue weighted by molar-refractivity contribution is 0.0642. The molecule has 1 aliphatic heterocycles. The van der Waals surface area contributed by atoms with E-state index in [2.05, 4.69) is 5.32 Å². The molecule has 7 heteroatoms. The third-order valence-corrected chi connectivity index (χ3v) is 4.44. The van der Waals surface area contributed by atoms with Gasteiger partial charge in [-0.15, -0.1) is 12.4 Å². The van der Waals surface area contributed by atoms with Crippen LogP contribution in [0.2, 0.25) is 0 Å². The van der Waals surface area contributed by atoms with Gasteiger partial charge in [0.25, 0.3) is 17.7 Å². The minimum atomic E-state index is -0.298. The number of carbonyl (C=O) groups is 3. The standard InChI is InChI=1S/C20H21N3O3.ClH/c1-21-10-11-22(2)18(24)15-7-5-6-14(12-15)13-23-19(25)16-8-3-4-9-17(16)20(23)26;/h3-9,12,21H,10-11,13H2,1-2H3;1H. The average molecular weight is 388 g/mol. The van der Waals surface area contributed by atoms with E-state index in [1.165, 1.54) is 4.90 Å². The Bertz CT molecular complexity index is 834. The van der Waals surface area contributed by atoms with Crippen LogP contribution in [0, 0.1) is 0 Å². The first-order chi connectivity index (χ1) is 12.5. The lowest BCUT2D eigenvalue weighted by atomic mass is 10.1. The van der Waals surface area contributed by atoms with Gasteiger partial charge in [-0.1, -0.05) is 24.3 Å². The van der Waals surface area contributed by atoms with Gasteiger partial charge in [-0.05, 0) is 36.9 Å². The van der Waals surface area contributed by atoms with Crippen LogP contribution in [0.15, 0.2) is 48.5 Å². The number of nitrogens with zero attached hydrogens (tertiary/aromatic N) is 2. The Morgan fingerprint density at radius 3 is 2.26 bits per heavy atom. The van der Waals surface area contributed by atoms with Crippen molar-refractivity contribution in [3.63, 3.8) is 0 Å². The molecule has 0 aliphatic carbocycles. The number of hydrogen-bond donors (Lipinski definition) is 1. The summed E-state index contributed by atoms with van der Waals surface area (Å²) in [6, 6.07) is 13.9. The second-order valence-electron chi connectivity index (χ2n) is 6.27. The van der Waals surface area contributed by atoms with Crippen molar-refractivity contribution in [3.05, 3.63) is 70.8 Å². The summed E-state index contributed by atoms with van der Waals surface area (Å²) < 4.78 is 0. The van der Waals surface area contributed by atoms with Crippen molar-refractivity contribution >= 4 is 30.1 Å². The largest absolute Gasteiger partial charge is 0.340 e. The summed E-state index contributed by atoms with van der Waals surface area (Å²) in [7, 11) is 3.58. The molecule has 0 bridgehead atoms. The van der Waals surface area contributed by atoms with E-state index in [1.54, 1.807) is 54.4 Å². The summed E-state index contributed by atoms with van der Waals surface area (Å²) in [4.78, 5) is 40.3. The molecule has 0 spiro atoms. The van der Waals surface area contributed by atoms with E-state index < -0.39 is 0 Å². The smallest absolute Gasteiger partial charge is 0.261 e. The quantitative estimate of drug-likeness (QED) is 0.771. The van der Waals surface area contributed by atoms with Crippen LogP contribution in [0.1, 0.15) is 36.6 Å². The van der Waals surface area contributed by atoms with Gasteiger partial charge >= 0.3 is 0 Å². The molecule has 1 heterocycles. The fourth-order valence-electron chi connectivity index (χ4n) is 2.97. The van der Waals surface area contributed by atoms with E-state index >= 15 is 0 Å². The van der Waals surface area contributed by atoms with E-state index in [9.17, 15) is 14.4 Å². The van der Waals surface area contributed by atoms with Crippen molar-refractivity contribution < 1.29 is 14.4 Å². The SMILES string of the molecule is CNCCN(C)C(=O)c1cccc(CN2C(=O)c3ccccc3C2=O)c1.Cl. The zero-order valence-electron chi connectivity index (χ0n) is 15.3. The van der Waals surface area contributed by atoms with Gasteiger partial charge in [-0.3, -0.25) is 19.3 Å². The van der Waals surface area contributed by atoms with Crippen molar-refractivity contribution in [1.29, 1.82) is 0 Å². The number of imide groups is 1. The average Bonchev–Trinajstić information content (AvgIpc) is 2.91. The molecule has 0 fully saturated rings. The maximum Gasteiger partial charge on any atom is 0.261 e. The number of rotatable bonds is 6. The molecular formula is C20H22ClN3O3. The molecule has 0 aromatic heterocycles. The van der Waals surface area contributed by atoms with Crippen LogP contribution < -0.4 is 5.32 Å². The van der Waals surface area contributed by atoms with Crippen LogP contribution in [0.5, 0.6) is 0 Å². The third-order valence-electron chi connectivity index (χ3n) is 4.44. The molecule has 27 heavy (non-hydrogen) atoms. The second kappa shape index (κ2) is 8.79. The maximum atomic E-state index is 12.5. The first kappa shape index (κ1) is 20.6. The summed E-state index contributed by atoms with van der Waals surface area (Å²) in [6.45, 7) is 1.45. The van der Waals surface area contributed by atoms with Gasteiger partial charge in [-0.25, -0.2) is 0 Å². The topological polar surface area (TPSA) is 69.7 Å². The lowest BCUT2D eigenvalue weighted by Gasteiger charge is -2.18. The highest BCUT2D eigenvalue weighted by Gasteiger charge is 2.35. The zero-order valence-corrected chi connectivity index (χ0v) is 16.1. The molecular weight excluding hydrogens is 366 g/mol. The molecule has 3 rings (SSSR count). The number of likely N-dealkylation sites (N-methyl/N-ethyl adjacent to an activating group) is 2. The molecule has 1 N–H and O–H groups in total. The number of amides is 3. The van der Waals surface area contributed by atoms with Crippen LogP contribution >= 0.6 is 12.4 Å². The van der Waals surface area contributed by atoms with Crippen molar-refractivity contribution in [2.24, 2.45) is 0 Å². The van der Waals surface area contributed by atoms with Gasteiger partial charge < -0.3 is 10.2 Å². The number of hydrogen-bond acceptors (Lipinski definition) is 4. The van der Waals surface area contributed by atoms with E-state index in [0.717, 1.165) is 5.56 Å². The number of carbonyl (C=O) groups excluding carboxylic acids is 3. The summed E-state index contributed by atoms with van der Waals surface area (Å²) in [5, 5.41) is 3.01. The third kappa shape index (κ3) is 4.18. The molecule has 0 radical (unpaired) electrons. The lowest BCUT2D eigenvalue weighted by Crippen LogP contribution is -2.33. The Balaban J connectivity index is 0.00000261. The molecule has 3 amide bonds. The minimum absolute atomic E-state index is 0. The monoisotopic (exact) mass is 387 g/mol.